The first-order chi connectivity index (χ1) is 5.89. The predicted molar refractivity (Wildman–Crippen MR) is 58.2 cm³/mol. The van der Waals surface area contributed by atoms with Crippen LogP contribution in [-0.2, 0) is 4.43 Å². The second-order valence-corrected chi connectivity index (χ2v) is 8.47. The lowest BCUT2D eigenvalue weighted by atomic mass is 10.3. The topological polar surface area (TPSA) is 55.5 Å². The van der Waals surface area contributed by atoms with Gasteiger partial charge in [0.25, 0.3) is 0 Å². The number of nitrogens with two attached hydrogens (primary N) is 1. The van der Waals surface area contributed by atoms with Crippen molar-refractivity contribution in [3.63, 3.8) is 0 Å². The average molecular weight is 205 g/mol. The van der Waals surface area contributed by atoms with Gasteiger partial charge in [0, 0.05) is 0 Å². The molecule has 0 aromatic heterocycles. The maximum Gasteiger partial charge on any atom is 0.187 e. The zero-order valence-corrected chi connectivity index (χ0v) is 10.2. The lowest BCUT2D eigenvalue weighted by Gasteiger charge is -2.28. The first-order valence-corrected chi connectivity index (χ1v) is 8.06. The van der Waals surface area contributed by atoms with E-state index < -0.39 is 8.32 Å². The molecule has 0 saturated carbocycles. The summed E-state index contributed by atoms with van der Waals surface area (Å²) in [4.78, 5) is 0. The Balaban J connectivity index is 3.86. The van der Waals surface area contributed by atoms with Crippen LogP contribution < -0.4 is 5.73 Å². The molecule has 80 valence electrons. The van der Waals surface area contributed by atoms with Crippen molar-refractivity contribution in [2.45, 2.75) is 51.6 Å². The first kappa shape index (κ1) is 13.1. The van der Waals surface area contributed by atoms with Crippen molar-refractivity contribution in [1.29, 1.82) is 0 Å². The molecule has 0 aromatic rings. The summed E-state index contributed by atoms with van der Waals surface area (Å²) in [6.07, 6.45) is 0.579. The molecule has 3 N–H and O–H groups in total. The minimum atomic E-state index is -1.59. The SMILES string of the molecule is C[C@H](O[Si](C)(C)CCCN)[C@@H](C)O. The fourth-order valence-corrected chi connectivity index (χ4v) is 3.57. The molecule has 4 heteroatoms. The van der Waals surface area contributed by atoms with Crippen LogP contribution in [0.2, 0.25) is 19.1 Å². The summed E-state index contributed by atoms with van der Waals surface area (Å²) in [5.74, 6) is 0. The summed E-state index contributed by atoms with van der Waals surface area (Å²) in [6, 6.07) is 1.07. The van der Waals surface area contributed by atoms with Crippen LogP contribution in [-0.4, -0.2) is 32.2 Å². The third-order valence-electron chi connectivity index (χ3n) is 2.17. The van der Waals surface area contributed by atoms with Gasteiger partial charge < -0.3 is 15.3 Å². The maximum atomic E-state index is 9.28. The second-order valence-electron chi connectivity index (χ2n) is 4.22. The number of hydrogen-bond acceptors (Lipinski definition) is 3. The van der Waals surface area contributed by atoms with E-state index in [9.17, 15) is 5.11 Å². The van der Waals surface area contributed by atoms with Crippen molar-refractivity contribution in [2.24, 2.45) is 5.73 Å². The predicted octanol–water partition coefficient (Wildman–Crippen LogP) is 1.33. The molecule has 0 bridgehead atoms. The van der Waals surface area contributed by atoms with Crippen LogP contribution in [0.1, 0.15) is 20.3 Å². The molecule has 0 aliphatic carbocycles. The Morgan fingerprint density at radius 1 is 1.38 bits per heavy atom. The number of aliphatic hydroxyl groups excluding tert-OH is 1. The van der Waals surface area contributed by atoms with Gasteiger partial charge in [-0.05, 0) is 46.0 Å². The number of rotatable bonds is 6. The van der Waals surface area contributed by atoms with Gasteiger partial charge in [0.1, 0.15) is 0 Å². The van der Waals surface area contributed by atoms with Gasteiger partial charge in [-0.25, -0.2) is 0 Å². The highest BCUT2D eigenvalue weighted by Crippen LogP contribution is 2.16. The molecule has 13 heavy (non-hydrogen) atoms. The van der Waals surface area contributed by atoms with E-state index in [0.717, 1.165) is 19.0 Å². The van der Waals surface area contributed by atoms with Crippen LogP contribution in [0.4, 0.5) is 0 Å². The highest BCUT2D eigenvalue weighted by Gasteiger charge is 2.25. The van der Waals surface area contributed by atoms with Crippen LogP contribution >= 0.6 is 0 Å². The van der Waals surface area contributed by atoms with Gasteiger partial charge in [-0.15, -0.1) is 0 Å². The second kappa shape index (κ2) is 5.75. The van der Waals surface area contributed by atoms with E-state index in [1.165, 1.54) is 0 Å². The van der Waals surface area contributed by atoms with E-state index in [4.69, 9.17) is 10.2 Å². The molecule has 0 fully saturated rings. The van der Waals surface area contributed by atoms with E-state index >= 15 is 0 Å². The molecular formula is C9H23NO2Si. The lowest BCUT2D eigenvalue weighted by molar-refractivity contribution is 0.0545. The molecule has 0 aliphatic rings. The number of aliphatic hydroxyl groups is 1. The molecule has 0 heterocycles. The van der Waals surface area contributed by atoms with E-state index in [0.29, 0.717) is 0 Å². The van der Waals surface area contributed by atoms with Gasteiger partial charge in [-0.1, -0.05) is 0 Å². The molecule has 0 amide bonds. The smallest absolute Gasteiger partial charge is 0.187 e. The van der Waals surface area contributed by atoms with Crippen molar-refractivity contribution < 1.29 is 9.53 Å². The van der Waals surface area contributed by atoms with Crippen LogP contribution in [0.3, 0.4) is 0 Å². The normalized spacial score (nSPS) is 17.1. The fraction of sp³-hybridized carbons (Fsp3) is 1.00. The first-order valence-electron chi connectivity index (χ1n) is 4.95. The van der Waals surface area contributed by atoms with Gasteiger partial charge in [-0.2, -0.15) is 0 Å². The molecule has 3 nitrogen and oxygen atoms in total. The van der Waals surface area contributed by atoms with Crippen molar-refractivity contribution >= 4 is 8.32 Å². The van der Waals surface area contributed by atoms with Crippen molar-refractivity contribution in [1.82, 2.24) is 0 Å². The summed E-state index contributed by atoms with van der Waals surface area (Å²) >= 11 is 0. The zero-order valence-electron chi connectivity index (χ0n) is 9.21. The Morgan fingerprint density at radius 2 is 1.92 bits per heavy atom. The summed E-state index contributed by atoms with van der Waals surface area (Å²) in [6.45, 7) is 8.74. The molecule has 0 aromatic carbocycles. The number of hydrogen-bond donors (Lipinski definition) is 2. The van der Waals surface area contributed by atoms with Gasteiger partial charge in [0.05, 0.1) is 12.2 Å². The molecule has 0 radical (unpaired) electrons. The third-order valence-corrected chi connectivity index (χ3v) is 4.73. The van der Waals surface area contributed by atoms with Gasteiger partial charge in [-0.3, -0.25) is 0 Å². The largest absolute Gasteiger partial charge is 0.412 e. The molecule has 0 rings (SSSR count). The Hall–Kier alpha value is 0.0969. The molecule has 0 saturated heterocycles. The molecule has 0 unspecified atom stereocenters. The summed E-state index contributed by atoms with van der Waals surface area (Å²) in [5.41, 5.74) is 5.44. The Labute approximate surface area is 82.4 Å². The minimum Gasteiger partial charge on any atom is -0.412 e. The van der Waals surface area contributed by atoms with E-state index in [2.05, 4.69) is 13.1 Å². The third kappa shape index (κ3) is 6.21. The molecule has 2 atom stereocenters. The standard InChI is InChI=1S/C9H23NO2Si/c1-8(11)9(2)12-13(3,4)7-5-6-10/h8-9,11H,5-7,10H2,1-4H3/t8-,9+/m1/s1. The Bertz CT molecular complexity index is 140. The van der Waals surface area contributed by atoms with E-state index in [-0.39, 0.29) is 12.2 Å². The van der Waals surface area contributed by atoms with Crippen LogP contribution in [0, 0.1) is 0 Å². The van der Waals surface area contributed by atoms with Gasteiger partial charge in [0.15, 0.2) is 8.32 Å². The fourth-order valence-electron chi connectivity index (χ4n) is 1.19. The Morgan fingerprint density at radius 3 is 2.31 bits per heavy atom. The molecule has 0 spiro atoms. The van der Waals surface area contributed by atoms with Crippen LogP contribution in [0.5, 0.6) is 0 Å². The van der Waals surface area contributed by atoms with Crippen LogP contribution in [0.15, 0.2) is 0 Å². The Kier molecular flexibility index (Phi) is 5.79. The summed E-state index contributed by atoms with van der Waals surface area (Å²) < 4.78 is 5.83. The molecule has 0 aliphatic heterocycles. The summed E-state index contributed by atoms with van der Waals surface area (Å²) in [7, 11) is -1.59. The molecular weight excluding hydrogens is 182 g/mol. The van der Waals surface area contributed by atoms with E-state index in [1.54, 1.807) is 6.92 Å². The minimum absolute atomic E-state index is 0.0561. The monoisotopic (exact) mass is 205 g/mol. The van der Waals surface area contributed by atoms with Crippen LogP contribution in [0.25, 0.3) is 0 Å². The van der Waals surface area contributed by atoms with Gasteiger partial charge >= 0.3 is 0 Å². The lowest BCUT2D eigenvalue weighted by Crippen LogP contribution is -2.38. The zero-order chi connectivity index (χ0) is 10.5. The van der Waals surface area contributed by atoms with Crippen molar-refractivity contribution in [3.05, 3.63) is 0 Å². The highest BCUT2D eigenvalue weighted by molar-refractivity contribution is 6.71. The average Bonchev–Trinajstić information content (AvgIpc) is 2.00. The highest BCUT2D eigenvalue weighted by atomic mass is 28.4. The van der Waals surface area contributed by atoms with E-state index in [1.807, 2.05) is 6.92 Å². The van der Waals surface area contributed by atoms with Crippen molar-refractivity contribution in [3.8, 4) is 0 Å². The maximum absolute atomic E-state index is 9.28. The van der Waals surface area contributed by atoms with Crippen molar-refractivity contribution in [2.75, 3.05) is 6.54 Å². The quantitative estimate of drug-likeness (QED) is 0.643. The van der Waals surface area contributed by atoms with Gasteiger partial charge in [0.2, 0.25) is 0 Å². The summed E-state index contributed by atoms with van der Waals surface area (Å²) in [5, 5.41) is 9.28.